The third-order valence-corrected chi connectivity index (χ3v) is 2.31. The molecule has 0 fully saturated rings. The predicted molar refractivity (Wildman–Crippen MR) is 54.4 cm³/mol. The Kier molecular flexibility index (Phi) is 2.46. The van der Waals surface area contributed by atoms with Gasteiger partial charge in [-0.05, 0) is 13.0 Å². The summed E-state index contributed by atoms with van der Waals surface area (Å²) < 4.78 is 5.11. The maximum Gasteiger partial charge on any atom is 0.191 e. The quantitative estimate of drug-likeness (QED) is 0.664. The molecule has 0 spiro atoms. The minimum atomic E-state index is 0.0856. The van der Waals surface area contributed by atoms with Gasteiger partial charge in [0.05, 0.1) is 13.2 Å². The van der Waals surface area contributed by atoms with E-state index in [1.807, 2.05) is 37.3 Å². The maximum absolute atomic E-state index is 11.8. The molecule has 14 heavy (non-hydrogen) atoms. The van der Waals surface area contributed by atoms with Gasteiger partial charge in [0.15, 0.2) is 5.78 Å². The second kappa shape index (κ2) is 3.76. The van der Waals surface area contributed by atoms with Crippen LogP contribution in [0, 0.1) is 6.92 Å². The summed E-state index contributed by atoms with van der Waals surface area (Å²) >= 11 is 0. The second-order valence-electron chi connectivity index (χ2n) is 3.44. The summed E-state index contributed by atoms with van der Waals surface area (Å²) in [5, 5.41) is 0. The normalized spacial score (nSPS) is 15.4. The van der Waals surface area contributed by atoms with Gasteiger partial charge in [0, 0.05) is 11.1 Å². The zero-order chi connectivity index (χ0) is 9.97. The van der Waals surface area contributed by atoms with Crippen LogP contribution < -0.4 is 0 Å². The number of rotatable bonds is 2. The van der Waals surface area contributed by atoms with Gasteiger partial charge in [-0.15, -0.1) is 0 Å². The van der Waals surface area contributed by atoms with Gasteiger partial charge in [-0.3, -0.25) is 4.79 Å². The lowest BCUT2D eigenvalue weighted by Gasteiger charge is -2.01. The third-order valence-electron chi connectivity index (χ3n) is 2.31. The largest absolute Gasteiger partial charge is 0.373 e. The lowest BCUT2D eigenvalue weighted by atomic mass is 10.0. The molecule has 72 valence electrons. The summed E-state index contributed by atoms with van der Waals surface area (Å²) in [6.45, 7) is 3.02. The van der Waals surface area contributed by atoms with Crippen LogP contribution in [0.25, 0.3) is 0 Å². The summed E-state index contributed by atoms with van der Waals surface area (Å²) in [6.07, 6.45) is 1.85. The molecule has 1 aromatic carbocycles. The fourth-order valence-electron chi connectivity index (χ4n) is 1.44. The maximum atomic E-state index is 11.8. The number of carbonyl (C=O) groups is 1. The van der Waals surface area contributed by atoms with Crippen molar-refractivity contribution in [1.29, 1.82) is 0 Å². The van der Waals surface area contributed by atoms with E-state index in [0.29, 0.717) is 13.2 Å². The Morgan fingerprint density at radius 3 is 2.57 bits per heavy atom. The van der Waals surface area contributed by atoms with Gasteiger partial charge in [0.25, 0.3) is 0 Å². The molecule has 0 unspecified atom stereocenters. The Hall–Kier alpha value is -1.41. The van der Waals surface area contributed by atoms with Crippen molar-refractivity contribution in [2.24, 2.45) is 0 Å². The van der Waals surface area contributed by atoms with Crippen molar-refractivity contribution in [1.82, 2.24) is 0 Å². The molecule has 1 aromatic rings. The van der Waals surface area contributed by atoms with Gasteiger partial charge < -0.3 is 4.74 Å². The minimum Gasteiger partial charge on any atom is -0.373 e. The summed E-state index contributed by atoms with van der Waals surface area (Å²) in [4.78, 5) is 11.8. The molecule has 0 atom stereocenters. The summed E-state index contributed by atoms with van der Waals surface area (Å²) in [5.41, 5.74) is 2.68. The van der Waals surface area contributed by atoms with E-state index in [1.165, 1.54) is 5.56 Å². The van der Waals surface area contributed by atoms with Crippen LogP contribution >= 0.6 is 0 Å². The van der Waals surface area contributed by atoms with Crippen molar-refractivity contribution >= 4 is 5.78 Å². The van der Waals surface area contributed by atoms with Crippen LogP contribution in [-0.2, 0) is 4.74 Å². The summed E-state index contributed by atoms with van der Waals surface area (Å²) in [6, 6.07) is 7.61. The first-order valence-corrected chi connectivity index (χ1v) is 4.65. The third kappa shape index (κ3) is 1.75. The summed E-state index contributed by atoms with van der Waals surface area (Å²) in [5.74, 6) is 0.0856. The second-order valence-corrected chi connectivity index (χ2v) is 3.44. The lowest BCUT2D eigenvalue weighted by Crippen LogP contribution is -2.04. The molecule has 2 rings (SSSR count). The van der Waals surface area contributed by atoms with E-state index in [9.17, 15) is 4.79 Å². The first-order chi connectivity index (χ1) is 6.77. The van der Waals surface area contributed by atoms with Crippen LogP contribution in [0.15, 0.2) is 35.9 Å². The SMILES string of the molecule is Cc1ccc(C(=O)C2=CCOC2)cc1. The van der Waals surface area contributed by atoms with Gasteiger partial charge in [-0.25, -0.2) is 0 Å². The van der Waals surface area contributed by atoms with Gasteiger partial charge in [-0.1, -0.05) is 29.8 Å². The van der Waals surface area contributed by atoms with E-state index >= 15 is 0 Å². The van der Waals surface area contributed by atoms with Gasteiger partial charge >= 0.3 is 0 Å². The number of ketones is 1. The highest BCUT2D eigenvalue weighted by Gasteiger charge is 2.15. The van der Waals surface area contributed by atoms with Crippen molar-refractivity contribution in [3.63, 3.8) is 0 Å². The van der Waals surface area contributed by atoms with Crippen molar-refractivity contribution in [3.8, 4) is 0 Å². The number of aryl methyl sites for hydroxylation is 1. The van der Waals surface area contributed by atoms with Crippen LogP contribution in [0.2, 0.25) is 0 Å². The predicted octanol–water partition coefficient (Wildman–Crippen LogP) is 2.13. The number of Topliss-reactive ketones (excluding diaryl/α,β-unsaturated/α-hetero) is 1. The van der Waals surface area contributed by atoms with Gasteiger partial charge in [0.1, 0.15) is 0 Å². The zero-order valence-corrected chi connectivity index (χ0v) is 8.12. The van der Waals surface area contributed by atoms with Crippen molar-refractivity contribution in [2.45, 2.75) is 6.92 Å². The van der Waals surface area contributed by atoms with Crippen LogP contribution in [0.1, 0.15) is 15.9 Å². The number of carbonyl (C=O) groups excluding carboxylic acids is 1. The number of ether oxygens (including phenoxy) is 1. The molecular formula is C12H12O2. The lowest BCUT2D eigenvalue weighted by molar-refractivity contribution is 0.101. The molecule has 0 aromatic heterocycles. The highest BCUT2D eigenvalue weighted by Crippen LogP contribution is 2.13. The van der Waals surface area contributed by atoms with Crippen LogP contribution in [-0.4, -0.2) is 19.0 Å². The molecule has 1 aliphatic heterocycles. The number of hydrogen-bond donors (Lipinski definition) is 0. The molecule has 1 heterocycles. The van der Waals surface area contributed by atoms with Crippen molar-refractivity contribution in [2.75, 3.05) is 13.2 Å². The van der Waals surface area contributed by atoms with E-state index in [1.54, 1.807) is 0 Å². The molecule has 0 radical (unpaired) electrons. The average Bonchev–Trinajstić information content (AvgIpc) is 2.71. The van der Waals surface area contributed by atoms with Gasteiger partial charge in [-0.2, -0.15) is 0 Å². The minimum absolute atomic E-state index is 0.0856. The fraction of sp³-hybridized carbons (Fsp3) is 0.250. The first kappa shape index (κ1) is 9.16. The molecule has 2 heteroatoms. The molecule has 0 N–H and O–H groups in total. The van der Waals surface area contributed by atoms with E-state index in [4.69, 9.17) is 4.74 Å². The van der Waals surface area contributed by atoms with Crippen LogP contribution in [0.3, 0.4) is 0 Å². The highest BCUT2D eigenvalue weighted by molar-refractivity contribution is 6.09. The van der Waals surface area contributed by atoms with E-state index in [-0.39, 0.29) is 5.78 Å². The topological polar surface area (TPSA) is 26.3 Å². The first-order valence-electron chi connectivity index (χ1n) is 4.65. The molecule has 0 saturated heterocycles. The molecule has 0 bridgehead atoms. The smallest absolute Gasteiger partial charge is 0.191 e. The standard InChI is InChI=1S/C12H12O2/c1-9-2-4-10(5-3-9)12(13)11-6-7-14-8-11/h2-6H,7-8H2,1H3. The number of benzene rings is 1. The van der Waals surface area contributed by atoms with Crippen molar-refractivity contribution < 1.29 is 9.53 Å². The Balaban J connectivity index is 2.22. The zero-order valence-electron chi connectivity index (χ0n) is 8.12. The fourth-order valence-corrected chi connectivity index (χ4v) is 1.44. The van der Waals surface area contributed by atoms with Crippen LogP contribution in [0.4, 0.5) is 0 Å². The molecular weight excluding hydrogens is 176 g/mol. The molecule has 1 aliphatic rings. The highest BCUT2D eigenvalue weighted by atomic mass is 16.5. The van der Waals surface area contributed by atoms with Crippen molar-refractivity contribution in [3.05, 3.63) is 47.0 Å². The Morgan fingerprint density at radius 2 is 2.00 bits per heavy atom. The van der Waals surface area contributed by atoms with E-state index in [2.05, 4.69) is 0 Å². The Bertz CT molecular complexity index is 374. The monoisotopic (exact) mass is 188 g/mol. The Labute approximate surface area is 83.2 Å². The molecule has 0 aliphatic carbocycles. The average molecular weight is 188 g/mol. The Morgan fingerprint density at radius 1 is 1.29 bits per heavy atom. The van der Waals surface area contributed by atoms with E-state index in [0.717, 1.165) is 11.1 Å². The van der Waals surface area contributed by atoms with Crippen LogP contribution in [0.5, 0.6) is 0 Å². The molecule has 0 saturated carbocycles. The van der Waals surface area contributed by atoms with E-state index < -0.39 is 0 Å². The number of hydrogen-bond acceptors (Lipinski definition) is 2. The summed E-state index contributed by atoms with van der Waals surface area (Å²) in [7, 11) is 0. The molecule has 0 amide bonds. The molecule has 2 nitrogen and oxygen atoms in total. The van der Waals surface area contributed by atoms with Gasteiger partial charge in [0.2, 0.25) is 0 Å².